The Morgan fingerprint density at radius 2 is 1.56 bits per heavy atom. The molecular formula is C33H28F6N4O2. The monoisotopic (exact) mass is 626 g/mol. The summed E-state index contributed by atoms with van der Waals surface area (Å²) in [6.07, 6.45) is -7.70. The number of ether oxygens (including phenoxy) is 1. The molecule has 12 heteroatoms. The number of imidazole rings is 1. The number of halogens is 6. The molecule has 0 aliphatic rings. The van der Waals surface area contributed by atoms with Gasteiger partial charge in [-0.3, -0.25) is 14.3 Å². The highest BCUT2D eigenvalue weighted by atomic mass is 19.4. The molecule has 0 aliphatic heterocycles. The number of carbonyl (C=O) groups is 1. The first kappa shape index (κ1) is 31.6. The van der Waals surface area contributed by atoms with E-state index in [-0.39, 0.29) is 12.6 Å². The third-order valence-corrected chi connectivity index (χ3v) is 7.23. The number of alkyl halides is 6. The molecule has 2 heterocycles. The van der Waals surface area contributed by atoms with Gasteiger partial charge in [-0.25, -0.2) is 4.98 Å². The minimum absolute atomic E-state index is 0.0224. The van der Waals surface area contributed by atoms with Crippen LogP contribution in [-0.4, -0.2) is 31.9 Å². The molecule has 5 rings (SSSR count). The molecule has 6 nitrogen and oxygen atoms in total. The highest BCUT2D eigenvalue weighted by molar-refractivity contribution is 5.81. The quantitative estimate of drug-likeness (QED) is 0.155. The average molecular weight is 627 g/mol. The number of fused-ring (bicyclic) bond motifs is 1. The molecule has 0 radical (unpaired) electrons. The Morgan fingerprint density at radius 3 is 2.16 bits per heavy atom. The summed E-state index contributed by atoms with van der Waals surface area (Å²) in [4.78, 5) is 24.2. The fraction of sp³-hybridized carbons (Fsp3) is 0.242. The van der Waals surface area contributed by atoms with Crippen LogP contribution in [-0.2, 0) is 30.1 Å². The lowest BCUT2D eigenvalue weighted by Crippen LogP contribution is -2.35. The molecular weight excluding hydrogens is 598 g/mol. The highest BCUT2D eigenvalue weighted by Crippen LogP contribution is 2.37. The number of hydrogen-bond donors (Lipinski definition) is 0. The number of rotatable bonds is 9. The molecule has 0 unspecified atom stereocenters. The molecule has 2 aromatic heterocycles. The van der Waals surface area contributed by atoms with Crippen LogP contribution in [0.25, 0.3) is 16.7 Å². The van der Waals surface area contributed by atoms with E-state index in [1.807, 2.05) is 47.9 Å². The standard InChI is InChI=1S/C33H28F6N4O2/c1-3-45-27-12-10-26(11-13-27)43-29-9-5-4-8-28(29)41-31(43)21(2)42(20-22-7-6-14-40-19-22)30(44)17-23-15-24(32(34,35)36)18-25(16-23)33(37,38)39/h4-16,18-19,21H,3,17,20H2,1-2H3/t21-/m1/s1. The number of nitrogens with zero attached hydrogens (tertiary/aromatic N) is 4. The van der Waals surface area contributed by atoms with E-state index < -0.39 is 47.4 Å². The first-order valence-corrected chi connectivity index (χ1v) is 14.0. The molecule has 3 aromatic carbocycles. The van der Waals surface area contributed by atoms with Crippen LogP contribution in [0.2, 0.25) is 0 Å². The first-order chi connectivity index (χ1) is 21.3. The second-order valence-corrected chi connectivity index (χ2v) is 10.4. The Morgan fingerprint density at radius 1 is 0.889 bits per heavy atom. The highest BCUT2D eigenvalue weighted by Gasteiger charge is 2.37. The molecule has 0 N–H and O–H groups in total. The second-order valence-electron chi connectivity index (χ2n) is 10.4. The zero-order chi connectivity index (χ0) is 32.4. The van der Waals surface area contributed by atoms with Crippen LogP contribution in [0.3, 0.4) is 0 Å². The molecule has 0 spiro atoms. The normalized spacial score (nSPS) is 12.7. The minimum Gasteiger partial charge on any atom is -0.494 e. The van der Waals surface area contributed by atoms with E-state index in [4.69, 9.17) is 9.72 Å². The molecule has 1 atom stereocenters. The third-order valence-electron chi connectivity index (χ3n) is 7.23. The van der Waals surface area contributed by atoms with Crippen molar-refractivity contribution in [3.05, 3.63) is 119 Å². The van der Waals surface area contributed by atoms with Gasteiger partial charge >= 0.3 is 12.4 Å². The Labute approximate surface area is 254 Å². The Bertz CT molecular complexity index is 1750. The van der Waals surface area contributed by atoms with E-state index in [9.17, 15) is 31.1 Å². The summed E-state index contributed by atoms with van der Waals surface area (Å²) in [5.41, 5.74) is -0.671. The summed E-state index contributed by atoms with van der Waals surface area (Å²) in [5, 5.41) is 0. The van der Waals surface area contributed by atoms with Gasteiger partial charge < -0.3 is 9.64 Å². The summed E-state index contributed by atoms with van der Waals surface area (Å²) < 4.78 is 88.8. The van der Waals surface area contributed by atoms with Crippen molar-refractivity contribution in [1.29, 1.82) is 0 Å². The molecule has 45 heavy (non-hydrogen) atoms. The maximum Gasteiger partial charge on any atom is 0.416 e. The molecule has 0 aliphatic carbocycles. The topological polar surface area (TPSA) is 60.2 Å². The fourth-order valence-corrected chi connectivity index (χ4v) is 5.12. The van der Waals surface area contributed by atoms with Crippen molar-refractivity contribution in [1.82, 2.24) is 19.4 Å². The molecule has 234 valence electrons. The fourth-order valence-electron chi connectivity index (χ4n) is 5.12. The van der Waals surface area contributed by atoms with Crippen molar-refractivity contribution in [2.75, 3.05) is 6.61 Å². The van der Waals surface area contributed by atoms with Crippen LogP contribution in [0.1, 0.15) is 48.0 Å². The summed E-state index contributed by atoms with van der Waals surface area (Å²) in [7, 11) is 0. The van der Waals surface area contributed by atoms with E-state index in [1.165, 1.54) is 11.1 Å². The number of carbonyl (C=O) groups excluding carboxylic acids is 1. The summed E-state index contributed by atoms with van der Waals surface area (Å²) in [6, 6.07) is 18.4. The van der Waals surface area contributed by atoms with Crippen molar-refractivity contribution >= 4 is 16.9 Å². The van der Waals surface area contributed by atoms with E-state index >= 15 is 0 Å². The van der Waals surface area contributed by atoms with Crippen LogP contribution >= 0.6 is 0 Å². The van der Waals surface area contributed by atoms with Gasteiger partial charge in [0.25, 0.3) is 0 Å². The SMILES string of the molecule is CCOc1ccc(-n2c([C@@H](C)N(Cc3cccnc3)C(=O)Cc3cc(C(F)(F)F)cc(C(F)(F)F)c3)nc3ccccc32)cc1. The summed E-state index contributed by atoms with van der Waals surface area (Å²) in [6.45, 7) is 4.05. The van der Waals surface area contributed by atoms with Gasteiger partial charge in [-0.05, 0) is 85.6 Å². The minimum atomic E-state index is -5.04. The van der Waals surface area contributed by atoms with Gasteiger partial charge in [0.05, 0.1) is 41.2 Å². The average Bonchev–Trinajstić information content (AvgIpc) is 3.39. The first-order valence-electron chi connectivity index (χ1n) is 14.0. The predicted octanol–water partition coefficient (Wildman–Crippen LogP) is 8.19. The molecule has 0 fully saturated rings. The Hall–Kier alpha value is -4.87. The van der Waals surface area contributed by atoms with Crippen molar-refractivity contribution < 1.29 is 35.9 Å². The van der Waals surface area contributed by atoms with Crippen LogP contribution in [0.5, 0.6) is 5.75 Å². The van der Waals surface area contributed by atoms with Gasteiger partial charge in [0, 0.05) is 24.6 Å². The Balaban J connectivity index is 1.58. The summed E-state index contributed by atoms with van der Waals surface area (Å²) >= 11 is 0. The van der Waals surface area contributed by atoms with Crippen LogP contribution in [0.15, 0.2) is 91.3 Å². The van der Waals surface area contributed by atoms with E-state index in [2.05, 4.69) is 4.98 Å². The predicted molar refractivity (Wildman–Crippen MR) is 156 cm³/mol. The van der Waals surface area contributed by atoms with Crippen LogP contribution < -0.4 is 4.74 Å². The number of hydrogen-bond acceptors (Lipinski definition) is 4. The molecule has 0 saturated carbocycles. The maximum atomic E-state index is 13.9. The lowest BCUT2D eigenvalue weighted by molar-refractivity contribution is -0.143. The maximum absolute atomic E-state index is 13.9. The third kappa shape index (κ3) is 7.11. The Kier molecular flexibility index (Phi) is 8.85. The lowest BCUT2D eigenvalue weighted by Gasteiger charge is -2.30. The van der Waals surface area contributed by atoms with Crippen molar-refractivity contribution in [3.63, 3.8) is 0 Å². The number of aromatic nitrogens is 3. The van der Waals surface area contributed by atoms with Gasteiger partial charge in [-0.2, -0.15) is 26.3 Å². The van der Waals surface area contributed by atoms with Gasteiger partial charge in [-0.1, -0.05) is 18.2 Å². The van der Waals surface area contributed by atoms with E-state index in [1.54, 1.807) is 37.4 Å². The van der Waals surface area contributed by atoms with E-state index in [0.717, 1.165) is 11.2 Å². The van der Waals surface area contributed by atoms with Gasteiger partial charge in [0.1, 0.15) is 11.6 Å². The number of para-hydroxylation sites is 2. The van der Waals surface area contributed by atoms with Gasteiger partial charge in [-0.15, -0.1) is 0 Å². The zero-order valence-electron chi connectivity index (χ0n) is 24.2. The molecule has 5 aromatic rings. The summed E-state index contributed by atoms with van der Waals surface area (Å²) in [5.74, 6) is 0.412. The van der Waals surface area contributed by atoms with Gasteiger partial charge in [0.15, 0.2) is 0 Å². The number of amides is 1. The zero-order valence-corrected chi connectivity index (χ0v) is 24.2. The molecule has 1 amide bonds. The molecule has 0 bridgehead atoms. The lowest BCUT2D eigenvalue weighted by atomic mass is 10.0. The van der Waals surface area contributed by atoms with Crippen molar-refractivity contribution in [3.8, 4) is 11.4 Å². The van der Waals surface area contributed by atoms with E-state index in [0.29, 0.717) is 41.4 Å². The van der Waals surface area contributed by atoms with Gasteiger partial charge in [0.2, 0.25) is 5.91 Å². The van der Waals surface area contributed by atoms with Crippen LogP contribution in [0.4, 0.5) is 26.3 Å². The van der Waals surface area contributed by atoms with Crippen LogP contribution in [0, 0.1) is 0 Å². The van der Waals surface area contributed by atoms with Crippen molar-refractivity contribution in [2.24, 2.45) is 0 Å². The number of pyridine rings is 1. The largest absolute Gasteiger partial charge is 0.494 e. The van der Waals surface area contributed by atoms with Crippen molar-refractivity contribution in [2.45, 2.75) is 45.2 Å². The smallest absolute Gasteiger partial charge is 0.416 e. The second kappa shape index (κ2) is 12.6. The molecule has 0 saturated heterocycles. The number of benzene rings is 3.